The highest BCUT2D eigenvalue weighted by Crippen LogP contribution is 2.36. The Kier molecular flexibility index (Phi) is 1.98. The van der Waals surface area contributed by atoms with Gasteiger partial charge in [0.15, 0.2) is 0 Å². The second kappa shape index (κ2) is 2.99. The lowest BCUT2D eigenvalue weighted by molar-refractivity contribution is 0.472. The Hall–Kier alpha value is -0.670. The van der Waals surface area contributed by atoms with Gasteiger partial charge in [0.25, 0.3) is 0 Å². The number of hydrogen-bond donors (Lipinski definition) is 2. The van der Waals surface area contributed by atoms with Gasteiger partial charge in [-0.3, -0.25) is 0 Å². The van der Waals surface area contributed by atoms with Gasteiger partial charge in [-0.2, -0.15) is 0 Å². The lowest BCUT2D eigenvalue weighted by atomic mass is 10.0. The zero-order valence-electron chi connectivity index (χ0n) is 6.66. The van der Waals surface area contributed by atoms with Crippen molar-refractivity contribution < 1.29 is 5.11 Å². The van der Waals surface area contributed by atoms with Crippen LogP contribution in [0.4, 0.5) is 0 Å². The van der Waals surface area contributed by atoms with Crippen LogP contribution in [0.25, 0.3) is 0 Å². The summed E-state index contributed by atoms with van der Waals surface area (Å²) in [6, 6.07) is 5.53. The largest absolute Gasteiger partial charge is 0.508 e. The number of hydrogen-bond acceptors (Lipinski definition) is 3. The molecule has 0 spiro atoms. The van der Waals surface area contributed by atoms with Gasteiger partial charge in [0.05, 0.1) is 0 Å². The second-order valence-corrected chi connectivity index (χ2v) is 4.10. The topological polar surface area (TPSA) is 46.2 Å². The van der Waals surface area contributed by atoms with Gasteiger partial charge in [0.2, 0.25) is 0 Å². The number of rotatable bonds is 0. The van der Waals surface area contributed by atoms with E-state index in [0.717, 1.165) is 17.7 Å². The fraction of sp³-hybridized carbons (Fsp3) is 0.333. The summed E-state index contributed by atoms with van der Waals surface area (Å²) in [5, 5.41) is 9.24. The van der Waals surface area contributed by atoms with Crippen LogP contribution >= 0.6 is 11.8 Å². The molecular weight excluding hydrogens is 170 g/mol. The van der Waals surface area contributed by atoms with E-state index in [1.807, 2.05) is 17.8 Å². The normalized spacial score (nSPS) is 21.9. The van der Waals surface area contributed by atoms with Crippen molar-refractivity contribution in [1.29, 1.82) is 0 Å². The molecule has 1 atom stereocenters. The summed E-state index contributed by atoms with van der Waals surface area (Å²) >= 11 is 1.81. The number of benzene rings is 1. The van der Waals surface area contributed by atoms with Crippen molar-refractivity contribution >= 4 is 11.8 Å². The maximum atomic E-state index is 9.24. The van der Waals surface area contributed by atoms with E-state index >= 15 is 0 Å². The molecular formula is C9H11NOS. The van der Waals surface area contributed by atoms with Crippen molar-refractivity contribution in [2.45, 2.75) is 17.4 Å². The highest BCUT2D eigenvalue weighted by Gasteiger charge is 2.16. The minimum absolute atomic E-state index is 0.105. The van der Waals surface area contributed by atoms with Crippen LogP contribution in [0.5, 0.6) is 5.75 Å². The zero-order valence-corrected chi connectivity index (χ0v) is 7.47. The molecule has 0 unspecified atom stereocenters. The molecule has 0 fully saturated rings. The van der Waals surface area contributed by atoms with Gasteiger partial charge in [-0.1, -0.05) is 0 Å². The van der Waals surface area contributed by atoms with E-state index < -0.39 is 0 Å². The van der Waals surface area contributed by atoms with E-state index in [2.05, 4.69) is 0 Å². The van der Waals surface area contributed by atoms with Crippen molar-refractivity contribution in [2.75, 3.05) is 5.75 Å². The summed E-state index contributed by atoms with van der Waals surface area (Å²) in [7, 11) is 0. The van der Waals surface area contributed by atoms with Crippen LogP contribution in [0.1, 0.15) is 18.0 Å². The van der Waals surface area contributed by atoms with Crippen molar-refractivity contribution in [3.05, 3.63) is 23.8 Å². The molecule has 12 heavy (non-hydrogen) atoms. The standard InChI is InChI=1S/C9H11NOS/c10-8-3-4-12-9-2-1-6(11)5-7(8)9/h1-2,5,8,11H,3-4,10H2/t8-/m1/s1. The quantitative estimate of drug-likeness (QED) is 0.642. The van der Waals surface area contributed by atoms with Gasteiger partial charge < -0.3 is 10.8 Å². The molecule has 1 aliphatic rings. The summed E-state index contributed by atoms with van der Waals surface area (Å²) in [4.78, 5) is 1.21. The van der Waals surface area contributed by atoms with Crippen molar-refractivity contribution in [1.82, 2.24) is 0 Å². The predicted octanol–water partition coefficient (Wildman–Crippen LogP) is 1.89. The molecule has 1 aliphatic heterocycles. The number of phenolic OH excluding ortho intramolecular Hbond substituents is 1. The third-order valence-electron chi connectivity index (χ3n) is 2.08. The van der Waals surface area contributed by atoms with Crippen LogP contribution in [0.2, 0.25) is 0 Å². The smallest absolute Gasteiger partial charge is 0.115 e. The molecule has 2 rings (SSSR count). The Balaban J connectivity index is 2.47. The van der Waals surface area contributed by atoms with Gasteiger partial charge in [0.1, 0.15) is 5.75 Å². The SMILES string of the molecule is N[C@@H]1CCSc2ccc(O)cc21. The van der Waals surface area contributed by atoms with E-state index in [9.17, 15) is 5.11 Å². The van der Waals surface area contributed by atoms with Crippen molar-refractivity contribution in [2.24, 2.45) is 5.73 Å². The first-order valence-corrected chi connectivity index (χ1v) is 4.97. The zero-order chi connectivity index (χ0) is 8.55. The Morgan fingerprint density at radius 1 is 1.50 bits per heavy atom. The first-order valence-electron chi connectivity index (χ1n) is 3.98. The predicted molar refractivity (Wildman–Crippen MR) is 50.4 cm³/mol. The van der Waals surface area contributed by atoms with Crippen LogP contribution in [0.15, 0.2) is 23.1 Å². The maximum absolute atomic E-state index is 9.24. The fourth-order valence-corrected chi connectivity index (χ4v) is 2.54. The van der Waals surface area contributed by atoms with E-state index in [-0.39, 0.29) is 6.04 Å². The molecule has 0 bridgehead atoms. The number of thioether (sulfide) groups is 1. The highest BCUT2D eigenvalue weighted by atomic mass is 32.2. The molecule has 0 radical (unpaired) electrons. The summed E-state index contributed by atoms with van der Waals surface area (Å²) < 4.78 is 0. The summed E-state index contributed by atoms with van der Waals surface area (Å²) in [6.45, 7) is 0. The molecule has 0 aliphatic carbocycles. The summed E-state index contributed by atoms with van der Waals surface area (Å²) in [6.07, 6.45) is 1.00. The maximum Gasteiger partial charge on any atom is 0.115 e. The van der Waals surface area contributed by atoms with Crippen molar-refractivity contribution in [3.8, 4) is 5.75 Å². The minimum Gasteiger partial charge on any atom is -0.508 e. The average molecular weight is 181 g/mol. The van der Waals surface area contributed by atoms with Crippen molar-refractivity contribution in [3.63, 3.8) is 0 Å². The van der Waals surface area contributed by atoms with Crippen LogP contribution in [-0.2, 0) is 0 Å². The highest BCUT2D eigenvalue weighted by molar-refractivity contribution is 7.99. The van der Waals surface area contributed by atoms with Crippen LogP contribution in [0.3, 0.4) is 0 Å². The van der Waals surface area contributed by atoms with Gasteiger partial charge in [-0.25, -0.2) is 0 Å². The first kappa shape index (κ1) is 7.95. The number of aromatic hydroxyl groups is 1. The summed E-state index contributed by atoms with van der Waals surface area (Å²) in [5.41, 5.74) is 6.98. The minimum atomic E-state index is 0.105. The Labute approximate surface area is 75.8 Å². The van der Waals surface area contributed by atoms with E-state index in [0.29, 0.717) is 5.75 Å². The first-order chi connectivity index (χ1) is 5.77. The Morgan fingerprint density at radius 2 is 2.33 bits per heavy atom. The summed E-state index contributed by atoms with van der Waals surface area (Å²) in [5.74, 6) is 1.39. The molecule has 0 saturated heterocycles. The van der Waals surface area contributed by atoms with Crippen LogP contribution in [-0.4, -0.2) is 10.9 Å². The molecule has 3 heteroatoms. The Morgan fingerprint density at radius 3 is 3.17 bits per heavy atom. The number of fused-ring (bicyclic) bond motifs is 1. The van der Waals surface area contributed by atoms with Crippen LogP contribution < -0.4 is 5.73 Å². The second-order valence-electron chi connectivity index (χ2n) is 2.97. The molecule has 2 nitrogen and oxygen atoms in total. The molecule has 1 aromatic carbocycles. The molecule has 1 heterocycles. The number of nitrogens with two attached hydrogens (primary N) is 1. The third-order valence-corrected chi connectivity index (χ3v) is 3.20. The molecule has 1 aromatic rings. The molecule has 0 aromatic heterocycles. The number of phenols is 1. The molecule has 3 N–H and O–H groups in total. The molecule has 0 amide bonds. The van der Waals surface area contributed by atoms with Gasteiger partial charge in [-0.05, 0) is 35.9 Å². The van der Waals surface area contributed by atoms with Gasteiger partial charge >= 0.3 is 0 Å². The van der Waals surface area contributed by atoms with Gasteiger partial charge in [0, 0.05) is 10.9 Å². The van der Waals surface area contributed by atoms with Gasteiger partial charge in [-0.15, -0.1) is 11.8 Å². The average Bonchev–Trinajstić information content (AvgIpc) is 2.07. The fourth-order valence-electron chi connectivity index (χ4n) is 1.41. The lowest BCUT2D eigenvalue weighted by Crippen LogP contribution is -2.15. The van der Waals surface area contributed by atoms with E-state index in [1.165, 1.54) is 4.90 Å². The molecule has 64 valence electrons. The third kappa shape index (κ3) is 1.30. The monoisotopic (exact) mass is 181 g/mol. The van der Waals surface area contributed by atoms with E-state index in [1.54, 1.807) is 12.1 Å². The molecule has 0 saturated carbocycles. The van der Waals surface area contributed by atoms with E-state index in [4.69, 9.17) is 5.73 Å². The van der Waals surface area contributed by atoms with Crippen LogP contribution in [0, 0.1) is 0 Å². The Bertz CT molecular complexity index is 301. The lowest BCUT2D eigenvalue weighted by Gasteiger charge is -2.21.